The second-order valence-corrected chi connectivity index (χ2v) is 7.04. The van der Waals surface area contributed by atoms with E-state index in [-0.39, 0.29) is 25.6 Å². The Labute approximate surface area is 123 Å². The lowest BCUT2D eigenvalue weighted by Gasteiger charge is -2.20. The normalized spacial score (nSPS) is 20.6. The molecule has 0 radical (unpaired) electrons. The second kappa shape index (κ2) is 4.54. The summed E-state index contributed by atoms with van der Waals surface area (Å²) in [6, 6.07) is -1.49. The van der Waals surface area contributed by atoms with Gasteiger partial charge in [0.2, 0.25) is 0 Å². The van der Waals surface area contributed by atoms with E-state index in [1.54, 1.807) is 0 Å². The van der Waals surface area contributed by atoms with E-state index in [1.807, 2.05) is 0 Å². The zero-order valence-corrected chi connectivity index (χ0v) is 12.2. The van der Waals surface area contributed by atoms with E-state index in [0.717, 1.165) is 0 Å². The lowest BCUT2D eigenvalue weighted by molar-refractivity contribution is 0.203. The van der Waals surface area contributed by atoms with Crippen LogP contribution in [0.2, 0.25) is 0 Å². The summed E-state index contributed by atoms with van der Waals surface area (Å²) in [4.78, 5) is 18.2. The van der Waals surface area contributed by atoms with Gasteiger partial charge >= 0.3 is 16.3 Å². The van der Waals surface area contributed by atoms with Crippen molar-refractivity contribution in [3.63, 3.8) is 0 Å². The first-order valence-corrected chi connectivity index (χ1v) is 8.11. The molecule has 1 aromatic rings. The number of fused-ring (bicyclic) bond motifs is 4. The van der Waals surface area contributed by atoms with Gasteiger partial charge in [0, 0.05) is 6.54 Å². The first kappa shape index (κ1) is 14.0. The largest absolute Gasteiger partial charge is 0.370 e. The molecular formula is C9H12N6O4S2. The van der Waals surface area contributed by atoms with Gasteiger partial charge in [-0.3, -0.25) is 9.96 Å². The van der Waals surface area contributed by atoms with Crippen LogP contribution >= 0.6 is 11.3 Å². The van der Waals surface area contributed by atoms with Gasteiger partial charge in [-0.2, -0.15) is 12.7 Å². The Morgan fingerprint density at radius 3 is 2.95 bits per heavy atom. The van der Waals surface area contributed by atoms with E-state index in [0.29, 0.717) is 19.9 Å². The highest BCUT2D eigenvalue weighted by Gasteiger charge is 2.49. The molecule has 2 aliphatic rings. The van der Waals surface area contributed by atoms with Crippen molar-refractivity contribution < 1.29 is 17.8 Å². The van der Waals surface area contributed by atoms with E-state index < -0.39 is 22.4 Å². The Balaban J connectivity index is 1.94. The maximum absolute atomic E-state index is 11.9. The van der Waals surface area contributed by atoms with Gasteiger partial charge in [-0.25, -0.2) is 9.78 Å². The summed E-state index contributed by atoms with van der Waals surface area (Å²) < 4.78 is 32.5. The van der Waals surface area contributed by atoms with Gasteiger partial charge in [0.1, 0.15) is 11.0 Å². The van der Waals surface area contributed by atoms with Gasteiger partial charge in [-0.05, 0) is 0 Å². The molecule has 1 aromatic heterocycles. The highest BCUT2D eigenvalue weighted by molar-refractivity contribution is 7.84. The van der Waals surface area contributed by atoms with Crippen molar-refractivity contribution in [3.05, 3.63) is 15.6 Å². The first-order chi connectivity index (χ1) is 9.77. The topological polar surface area (TPSA) is 153 Å². The molecule has 3 heterocycles. The molecule has 2 aliphatic heterocycles. The molecule has 2 amide bonds. The molecule has 12 heteroatoms. The molecule has 3 rings (SSSR count). The molecule has 10 nitrogen and oxygen atoms in total. The Morgan fingerprint density at radius 1 is 1.62 bits per heavy atom. The maximum Gasteiger partial charge on any atom is 0.364 e. The van der Waals surface area contributed by atoms with Crippen LogP contribution in [0.15, 0.2) is 0 Å². The van der Waals surface area contributed by atoms with Crippen molar-refractivity contribution in [3.8, 4) is 0 Å². The monoisotopic (exact) mass is 332 g/mol. The number of nitrogens with one attached hydrogen (secondary N) is 2. The van der Waals surface area contributed by atoms with Crippen LogP contribution in [0.3, 0.4) is 0 Å². The quantitative estimate of drug-likeness (QED) is 0.322. The highest BCUT2D eigenvalue weighted by atomic mass is 32.2. The summed E-state index contributed by atoms with van der Waals surface area (Å²) in [5.41, 5.74) is 5.80. The molecule has 2 bridgehead atoms. The van der Waals surface area contributed by atoms with Gasteiger partial charge in [-0.1, -0.05) is 0 Å². The van der Waals surface area contributed by atoms with Crippen LogP contribution in [0.4, 0.5) is 4.79 Å². The zero-order valence-electron chi connectivity index (χ0n) is 10.6. The number of guanidine groups is 1. The average Bonchev–Trinajstić information content (AvgIpc) is 2.88. The van der Waals surface area contributed by atoms with Gasteiger partial charge in [0.15, 0.2) is 5.96 Å². The molecule has 0 saturated carbocycles. The number of rotatable bonds is 3. The molecule has 0 aliphatic carbocycles. The number of nitrogens with zero attached hydrogens (tertiary/aromatic N) is 3. The summed E-state index contributed by atoms with van der Waals surface area (Å²) in [5, 5.41) is 10.3. The highest BCUT2D eigenvalue weighted by Crippen LogP contribution is 2.41. The molecule has 5 N–H and O–H groups in total. The van der Waals surface area contributed by atoms with E-state index in [4.69, 9.17) is 11.1 Å². The average molecular weight is 332 g/mol. The number of carbonyl (C=O) groups is 1. The molecule has 1 fully saturated rings. The van der Waals surface area contributed by atoms with Crippen LogP contribution in [-0.2, 0) is 23.4 Å². The van der Waals surface area contributed by atoms with Gasteiger partial charge in [-0.15, -0.1) is 11.3 Å². The van der Waals surface area contributed by atoms with Crippen molar-refractivity contribution in [2.45, 2.75) is 19.1 Å². The fourth-order valence-corrected chi connectivity index (χ4v) is 4.40. The molecule has 0 spiro atoms. The minimum atomic E-state index is -4.61. The lowest BCUT2D eigenvalue weighted by atomic mass is 10.1. The van der Waals surface area contributed by atoms with Crippen molar-refractivity contribution in [1.29, 1.82) is 5.41 Å². The van der Waals surface area contributed by atoms with Crippen LogP contribution < -0.4 is 11.1 Å². The van der Waals surface area contributed by atoms with Crippen molar-refractivity contribution in [2.24, 2.45) is 5.73 Å². The van der Waals surface area contributed by atoms with Crippen molar-refractivity contribution >= 4 is 33.6 Å². The lowest BCUT2D eigenvalue weighted by Crippen LogP contribution is -2.35. The number of nitrogens with two attached hydrogens (primary N) is 1. The van der Waals surface area contributed by atoms with Crippen molar-refractivity contribution in [1.82, 2.24) is 19.5 Å². The van der Waals surface area contributed by atoms with Crippen molar-refractivity contribution in [2.75, 3.05) is 6.54 Å². The fraction of sp³-hybridized carbons (Fsp3) is 0.444. The van der Waals surface area contributed by atoms with Crippen LogP contribution in [0.5, 0.6) is 0 Å². The number of aromatic nitrogens is 1. The first-order valence-electron chi connectivity index (χ1n) is 5.89. The van der Waals surface area contributed by atoms with Crippen LogP contribution in [0.1, 0.15) is 21.6 Å². The number of amides is 2. The maximum atomic E-state index is 11.9. The number of carbonyl (C=O) groups excluding carboxylic acids is 1. The number of urea groups is 1. The molecule has 1 atom stereocenters. The third-order valence-corrected chi connectivity index (χ3v) is 5.34. The van der Waals surface area contributed by atoms with E-state index >= 15 is 0 Å². The zero-order chi connectivity index (χ0) is 15.4. The van der Waals surface area contributed by atoms with Gasteiger partial charge < -0.3 is 16.0 Å². The summed E-state index contributed by atoms with van der Waals surface area (Å²) in [6.07, 6.45) is 0. The standard InChI is InChI=1S/C9H12N6O4S2/c10-8(11)12-1-6-13-4-2-14-3-5(7(4)20-6)15(9(14)16)21(17,18)19/h5H,1-3H2,(H4,10,11,12)(H,17,18,19). The summed E-state index contributed by atoms with van der Waals surface area (Å²) in [6.45, 7) is 0.653. The molecule has 114 valence electrons. The Morgan fingerprint density at radius 2 is 2.33 bits per heavy atom. The number of thiazole rings is 1. The Hall–Kier alpha value is -1.92. The van der Waals surface area contributed by atoms with Crippen LogP contribution in [-0.4, -0.2) is 45.7 Å². The second-order valence-electron chi connectivity index (χ2n) is 4.64. The third kappa shape index (κ3) is 2.30. The minimum Gasteiger partial charge on any atom is -0.370 e. The summed E-state index contributed by atoms with van der Waals surface area (Å²) in [7, 11) is -4.61. The minimum absolute atomic E-state index is 0.191. The molecule has 1 unspecified atom stereocenters. The van der Waals surface area contributed by atoms with Gasteiger partial charge in [0.05, 0.1) is 23.7 Å². The number of hydrogen-bond acceptors (Lipinski definition) is 6. The molecule has 21 heavy (non-hydrogen) atoms. The predicted molar refractivity (Wildman–Crippen MR) is 72.8 cm³/mol. The molecule has 1 saturated heterocycles. The van der Waals surface area contributed by atoms with E-state index in [2.05, 4.69) is 10.3 Å². The summed E-state index contributed by atoms with van der Waals surface area (Å²) >= 11 is 1.24. The Kier molecular flexibility index (Phi) is 3.04. The molecular weight excluding hydrogens is 320 g/mol. The fourth-order valence-electron chi connectivity index (χ4n) is 2.43. The SMILES string of the molecule is N=C(N)NCc1nc2c(s1)C1CN(C2)C(=O)N1S(=O)(=O)O. The molecule has 0 aromatic carbocycles. The third-order valence-electron chi connectivity index (χ3n) is 3.23. The Bertz CT molecular complexity index is 729. The smallest absolute Gasteiger partial charge is 0.364 e. The van der Waals surface area contributed by atoms with Crippen LogP contribution in [0.25, 0.3) is 0 Å². The predicted octanol–water partition coefficient (Wildman–Crippen LogP) is -0.779. The number of hydrogen-bond donors (Lipinski definition) is 4. The van der Waals surface area contributed by atoms with Crippen LogP contribution in [0, 0.1) is 5.41 Å². The van der Waals surface area contributed by atoms with E-state index in [9.17, 15) is 17.8 Å². The summed E-state index contributed by atoms with van der Waals surface area (Å²) in [5.74, 6) is -0.191. The van der Waals surface area contributed by atoms with Gasteiger partial charge in [0.25, 0.3) is 0 Å². The van der Waals surface area contributed by atoms with E-state index in [1.165, 1.54) is 16.2 Å².